The highest BCUT2D eigenvalue weighted by molar-refractivity contribution is 5.94. The van der Waals surface area contributed by atoms with Gasteiger partial charge < -0.3 is 10.2 Å². The van der Waals surface area contributed by atoms with E-state index in [0.717, 1.165) is 11.1 Å². The molecule has 0 fully saturated rings. The maximum absolute atomic E-state index is 12.1. The molecule has 23 heavy (non-hydrogen) atoms. The molecule has 0 atom stereocenters. The second kappa shape index (κ2) is 7.89. The van der Waals surface area contributed by atoms with Crippen molar-refractivity contribution in [2.24, 2.45) is 0 Å². The first-order valence-corrected chi connectivity index (χ1v) is 7.24. The van der Waals surface area contributed by atoms with Gasteiger partial charge in [-0.25, -0.2) is 0 Å². The maximum Gasteiger partial charge on any atom is 0.251 e. The zero-order valence-electron chi connectivity index (χ0n) is 13.2. The number of likely N-dealkylation sites (N-methyl/N-ethyl adjacent to an activating group) is 1. The molecule has 2 amide bonds. The van der Waals surface area contributed by atoms with Crippen LogP contribution in [-0.2, 0) is 11.3 Å². The van der Waals surface area contributed by atoms with Gasteiger partial charge in [-0.05, 0) is 41.5 Å². The standard InChI is InChI=1S/C18H19N3O2/c1-19-18(23)16-6-3-14(4-7-16)5-8-17(22)21(2)13-15-9-11-20-12-10-15/h3-12H,13H2,1-2H3,(H,19,23)/b8-5-. The quantitative estimate of drug-likeness (QED) is 0.861. The van der Waals surface area contributed by atoms with Crippen molar-refractivity contribution in [2.75, 3.05) is 14.1 Å². The van der Waals surface area contributed by atoms with Crippen LogP contribution in [-0.4, -0.2) is 35.8 Å². The Morgan fingerprint density at radius 1 is 1.13 bits per heavy atom. The summed E-state index contributed by atoms with van der Waals surface area (Å²) in [6.07, 6.45) is 6.67. The molecule has 1 N–H and O–H groups in total. The summed E-state index contributed by atoms with van der Waals surface area (Å²) in [4.78, 5) is 29.1. The molecule has 0 aliphatic rings. The van der Waals surface area contributed by atoms with Crippen molar-refractivity contribution >= 4 is 17.9 Å². The van der Waals surface area contributed by atoms with Gasteiger partial charge in [0.1, 0.15) is 0 Å². The van der Waals surface area contributed by atoms with E-state index in [1.807, 2.05) is 12.1 Å². The van der Waals surface area contributed by atoms with Crippen LogP contribution in [0.1, 0.15) is 21.5 Å². The molecule has 0 bridgehead atoms. The van der Waals surface area contributed by atoms with Crippen LogP contribution in [0, 0.1) is 0 Å². The van der Waals surface area contributed by atoms with E-state index in [0.29, 0.717) is 12.1 Å². The maximum atomic E-state index is 12.1. The fraction of sp³-hybridized carbons (Fsp3) is 0.167. The molecule has 0 radical (unpaired) electrons. The highest BCUT2D eigenvalue weighted by atomic mass is 16.2. The summed E-state index contributed by atoms with van der Waals surface area (Å²) < 4.78 is 0. The summed E-state index contributed by atoms with van der Waals surface area (Å²) >= 11 is 0. The van der Waals surface area contributed by atoms with Gasteiger partial charge in [-0.1, -0.05) is 12.1 Å². The van der Waals surface area contributed by atoms with Crippen LogP contribution in [0.4, 0.5) is 0 Å². The molecule has 5 nitrogen and oxygen atoms in total. The fourth-order valence-electron chi connectivity index (χ4n) is 2.02. The van der Waals surface area contributed by atoms with Crippen molar-refractivity contribution in [1.82, 2.24) is 15.2 Å². The first-order valence-electron chi connectivity index (χ1n) is 7.24. The summed E-state index contributed by atoms with van der Waals surface area (Å²) in [6, 6.07) is 10.8. The highest BCUT2D eigenvalue weighted by Gasteiger charge is 2.06. The molecule has 118 valence electrons. The van der Waals surface area contributed by atoms with E-state index in [2.05, 4.69) is 10.3 Å². The minimum Gasteiger partial charge on any atom is -0.355 e. The first-order chi connectivity index (χ1) is 11.1. The SMILES string of the molecule is CNC(=O)c1ccc(/C=C\C(=O)N(C)Cc2ccncc2)cc1. The first kappa shape index (κ1) is 16.4. The van der Waals surface area contributed by atoms with Gasteiger partial charge in [-0.15, -0.1) is 0 Å². The minimum absolute atomic E-state index is 0.0859. The van der Waals surface area contributed by atoms with E-state index in [4.69, 9.17) is 0 Å². The Hall–Kier alpha value is -2.95. The zero-order chi connectivity index (χ0) is 16.7. The minimum atomic E-state index is -0.131. The lowest BCUT2D eigenvalue weighted by Gasteiger charge is -2.14. The molecule has 5 heteroatoms. The molecule has 0 saturated heterocycles. The van der Waals surface area contributed by atoms with E-state index in [-0.39, 0.29) is 11.8 Å². The Kier molecular flexibility index (Phi) is 5.63. The van der Waals surface area contributed by atoms with Crippen LogP contribution < -0.4 is 5.32 Å². The van der Waals surface area contributed by atoms with Gasteiger partial charge in [-0.2, -0.15) is 0 Å². The number of hydrogen-bond acceptors (Lipinski definition) is 3. The second-order valence-corrected chi connectivity index (χ2v) is 5.08. The summed E-state index contributed by atoms with van der Waals surface area (Å²) in [5.74, 6) is -0.217. The summed E-state index contributed by atoms with van der Waals surface area (Å²) in [7, 11) is 3.34. The second-order valence-electron chi connectivity index (χ2n) is 5.08. The number of benzene rings is 1. The summed E-state index contributed by atoms with van der Waals surface area (Å²) in [5.41, 5.74) is 2.48. The average Bonchev–Trinajstić information content (AvgIpc) is 2.60. The van der Waals surface area contributed by atoms with Crippen molar-refractivity contribution in [3.63, 3.8) is 0 Å². The highest BCUT2D eigenvalue weighted by Crippen LogP contribution is 2.07. The van der Waals surface area contributed by atoms with Crippen LogP contribution in [0.5, 0.6) is 0 Å². The van der Waals surface area contributed by atoms with Gasteiger partial charge in [0.25, 0.3) is 5.91 Å². The predicted molar refractivity (Wildman–Crippen MR) is 89.6 cm³/mol. The van der Waals surface area contributed by atoms with Gasteiger partial charge in [0.05, 0.1) is 0 Å². The van der Waals surface area contributed by atoms with E-state index < -0.39 is 0 Å². The molecule has 2 rings (SSSR count). The van der Waals surface area contributed by atoms with E-state index >= 15 is 0 Å². The molecule has 0 aliphatic carbocycles. The Bertz CT molecular complexity index is 694. The van der Waals surface area contributed by atoms with Crippen LogP contribution >= 0.6 is 0 Å². The normalized spacial score (nSPS) is 10.5. The molecular formula is C18H19N3O2. The van der Waals surface area contributed by atoms with Crippen molar-refractivity contribution in [3.05, 3.63) is 71.6 Å². The van der Waals surface area contributed by atoms with Crippen LogP contribution in [0.15, 0.2) is 54.9 Å². The summed E-state index contributed by atoms with van der Waals surface area (Å²) in [6.45, 7) is 0.529. The number of rotatable bonds is 5. The largest absolute Gasteiger partial charge is 0.355 e. The number of amides is 2. The number of nitrogens with one attached hydrogen (secondary N) is 1. The molecular weight excluding hydrogens is 290 g/mol. The lowest BCUT2D eigenvalue weighted by atomic mass is 10.1. The third-order valence-electron chi connectivity index (χ3n) is 3.36. The molecule has 0 unspecified atom stereocenters. The zero-order valence-corrected chi connectivity index (χ0v) is 13.2. The van der Waals surface area contributed by atoms with Crippen molar-refractivity contribution in [2.45, 2.75) is 6.54 Å². The van der Waals surface area contributed by atoms with Crippen LogP contribution in [0.2, 0.25) is 0 Å². The lowest BCUT2D eigenvalue weighted by Crippen LogP contribution is -2.24. The third-order valence-corrected chi connectivity index (χ3v) is 3.36. The number of carbonyl (C=O) groups excluding carboxylic acids is 2. The third kappa shape index (κ3) is 4.78. The molecule has 1 aromatic carbocycles. The van der Waals surface area contributed by atoms with E-state index in [1.165, 1.54) is 6.08 Å². The smallest absolute Gasteiger partial charge is 0.251 e. The van der Waals surface area contributed by atoms with E-state index in [9.17, 15) is 9.59 Å². The molecule has 1 heterocycles. The lowest BCUT2D eigenvalue weighted by molar-refractivity contribution is -0.125. The fourth-order valence-corrected chi connectivity index (χ4v) is 2.02. The molecule has 0 saturated carbocycles. The Morgan fingerprint density at radius 3 is 2.39 bits per heavy atom. The molecule has 0 spiro atoms. The monoisotopic (exact) mass is 309 g/mol. The number of carbonyl (C=O) groups is 2. The van der Waals surface area contributed by atoms with E-state index in [1.54, 1.807) is 61.7 Å². The Balaban J connectivity index is 1.96. The van der Waals surface area contributed by atoms with Crippen molar-refractivity contribution < 1.29 is 9.59 Å². The predicted octanol–water partition coefficient (Wildman–Crippen LogP) is 2.11. The van der Waals surface area contributed by atoms with Gasteiger partial charge in [-0.3, -0.25) is 14.6 Å². The number of pyridine rings is 1. The topological polar surface area (TPSA) is 62.3 Å². The van der Waals surface area contributed by atoms with Crippen LogP contribution in [0.3, 0.4) is 0 Å². The van der Waals surface area contributed by atoms with Gasteiger partial charge in [0.2, 0.25) is 5.91 Å². The van der Waals surface area contributed by atoms with Gasteiger partial charge in [0.15, 0.2) is 0 Å². The Morgan fingerprint density at radius 2 is 1.78 bits per heavy atom. The van der Waals surface area contributed by atoms with Crippen molar-refractivity contribution in [3.8, 4) is 0 Å². The molecule has 1 aromatic heterocycles. The molecule has 0 aliphatic heterocycles. The molecule has 2 aromatic rings. The van der Waals surface area contributed by atoms with Gasteiger partial charge >= 0.3 is 0 Å². The van der Waals surface area contributed by atoms with Gasteiger partial charge in [0, 0.05) is 44.7 Å². The Labute approximate surface area is 135 Å². The number of aromatic nitrogens is 1. The average molecular weight is 309 g/mol. The number of nitrogens with zero attached hydrogens (tertiary/aromatic N) is 2. The number of hydrogen-bond donors (Lipinski definition) is 1. The van der Waals surface area contributed by atoms with Crippen molar-refractivity contribution in [1.29, 1.82) is 0 Å². The summed E-state index contributed by atoms with van der Waals surface area (Å²) in [5, 5.41) is 2.57. The van der Waals surface area contributed by atoms with Crippen LogP contribution in [0.25, 0.3) is 6.08 Å².